The van der Waals surface area contributed by atoms with Crippen molar-refractivity contribution in [1.29, 1.82) is 0 Å². The zero-order valence-electron chi connectivity index (χ0n) is 20.3. The van der Waals surface area contributed by atoms with E-state index in [4.69, 9.17) is 11.5 Å². The van der Waals surface area contributed by atoms with Crippen LogP contribution in [0.25, 0.3) is 0 Å². The highest BCUT2D eigenvalue weighted by Gasteiger charge is 2.49. The van der Waals surface area contributed by atoms with Crippen LogP contribution in [0.15, 0.2) is 106 Å². The van der Waals surface area contributed by atoms with Gasteiger partial charge in [-0.2, -0.15) is 0 Å². The summed E-state index contributed by atoms with van der Waals surface area (Å²) < 4.78 is 0. The molecule has 0 aromatic rings. The molecule has 0 saturated heterocycles. The molecule has 0 spiro atoms. The summed E-state index contributed by atoms with van der Waals surface area (Å²) in [7, 11) is 0. The standard InChI is InChI=1S/C30H38N2/c1-16(2)9-10-22-11-12-25(32)28-20(6)29-19(5)27-18(4)26(21(7)31)17(3)13-23(27)14-30(29,8)15-24(22)28/h9-10,23,27H,1,4,6-7,11-15,31-32H2,2-3,5,8H3/b10-9+. The Morgan fingerprint density at radius 1 is 1.16 bits per heavy atom. The number of fused-ring (bicyclic) bond motifs is 3. The molecule has 4 rings (SSSR count). The summed E-state index contributed by atoms with van der Waals surface area (Å²) in [5, 5.41) is 0. The maximum absolute atomic E-state index is 6.61. The first-order valence-electron chi connectivity index (χ1n) is 11.8. The second kappa shape index (κ2) is 7.69. The van der Waals surface area contributed by atoms with Crippen molar-refractivity contribution in [2.45, 2.75) is 59.8 Å². The Hall–Kier alpha value is -2.74. The van der Waals surface area contributed by atoms with Crippen molar-refractivity contribution in [1.82, 2.24) is 0 Å². The molecule has 0 aromatic heterocycles. The van der Waals surface area contributed by atoms with E-state index in [0.717, 1.165) is 60.1 Å². The third kappa shape index (κ3) is 3.32. The quantitative estimate of drug-likeness (QED) is 0.473. The highest BCUT2D eigenvalue weighted by molar-refractivity contribution is 5.68. The number of hydrogen-bond acceptors (Lipinski definition) is 2. The zero-order valence-corrected chi connectivity index (χ0v) is 20.3. The molecular formula is C30H38N2. The fourth-order valence-corrected chi connectivity index (χ4v) is 7.11. The monoisotopic (exact) mass is 426 g/mol. The molecule has 0 aliphatic heterocycles. The first kappa shape index (κ1) is 22.5. The molecule has 4 aliphatic rings. The first-order valence-corrected chi connectivity index (χ1v) is 11.8. The van der Waals surface area contributed by atoms with E-state index in [1.165, 1.54) is 33.4 Å². The molecule has 0 heterocycles. The molecule has 0 aromatic carbocycles. The fourth-order valence-electron chi connectivity index (χ4n) is 7.11. The smallest absolute Gasteiger partial charge is 0.0316 e. The average molecular weight is 427 g/mol. The van der Waals surface area contributed by atoms with Gasteiger partial charge in [-0.15, -0.1) is 0 Å². The zero-order chi connectivity index (χ0) is 23.5. The Balaban J connectivity index is 1.87. The molecule has 2 nitrogen and oxygen atoms in total. The van der Waals surface area contributed by atoms with Crippen molar-refractivity contribution >= 4 is 0 Å². The van der Waals surface area contributed by atoms with Crippen LogP contribution >= 0.6 is 0 Å². The predicted octanol–water partition coefficient (Wildman–Crippen LogP) is 7.09. The van der Waals surface area contributed by atoms with Crippen LogP contribution in [0.1, 0.15) is 59.8 Å². The van der Waals surface area contributed by atoms with E-state index in [0.29, 0.717) is 17.5 Å². The SMILES string of the molecule is C=C(C)/C=C/C1=C2CC3(C)CC4CC(C)=C(C(=C)N)C(=C)C4C(C)=C3C(=C)C2=C(N)CC1. The van der Waals surface area contributed by atoms with Crippen LogP contribution in [0.2, 0.25) is 0 Å². The van der Waals surface area contributed by atoms with Crippen LogP contribution in [0, 0.1) is 17.3 Å². The fraction of sp³-hybridized carbons (Fsp3) is 0.400. The van der Waals surface area contributed by atoms with Crippen LogP contribution in [0.3, 0.4) is 0 Å². The lowest BCUT2D eigenvalue weighted by Crippen LogP contribution is -2.41. The van der Waals surface area contributed by atoms with Gasteiger partial charge in [0.2, 0.25) is 0 Å². The molecule has 0 radical (unpaired) electrons. The lowest BCUT2D eigenvalue weighted by Gasteiger charge is -2.52. The van der Waals surface area contributed by atoms with Crippen molar-refractivity contribution in [2.24, 2.45) is 28.7 Å². The van der Waals surface area contributed by atoms with E-state index in [1.807, 2.05) is 6.92 Å². The van der Waals surface area contributed by atoms with Gasteiger partial charge < -0.3 is 11.5 Å². The second-order valence-corrected chi connectivity index (χ2v) is 10.7. The molecule has 0 amide bonds. The topological polar surface area (TPSA) is 52.0 Å². The van der Waals surface area contributed by atoms with Crippen LogP contribution in [0.5, 0.6) is 0 Å². The van der Waals surface area contributed by atoms with Crippen LogP contribution in [0.4, 0.5) is 0 Å². The lowest BCUT2D eigenvalue weighted by atomic mass is 9.51. The number of nitrogens with two attached hydrogens (primary N) is 2. The van der Waals surface area contributed by atoms with E-state index in [9.17, 15) is 0 Å². The van der Waals surface area contributed by atoms with Gasteiger partial charge in [0.1, 0.15) is 0 Å². The number of allylic oxidation sites excluding steroid dienone is 12. The highest BCUT2D eigenvalue weighted by Crippen LogP contribution is 2.62. The van der Waals surface area contributed by atoms with Crippen LogP contribution < -0.4 is 11.5 Å². The average Bonchev–Trinajstić information content (AvgIpc) is 2.65. The van der Waals surface area contributed by atoms with Crippen molar-refractivity contribution in [3.63, 3.8) is 0 Å². The van der Waals surface area contributed by atoms with Crippen molar-refractivity contribution < 1.29 is 0 Å². The number of hydrogen-bond donors (Lipinski definition) is 2. The van der Waals surface area contributed by atoms with E-state index in [2.05, 4.69) is 59.2 Å². The van der Waals surface area contributed by atoms with Gasteiger partial charge >= 0.3 is 0 Å². The summed E-state index contributed by atoms with van der Waals surface area (Å²) in [6.45, 7) is 26.2. The molecule has 168 valence electrons. The minimum absolute atomic E-state index is 0.0545. The Kier molecular flexibility index (Phi) is 5.40. The molecule has 3 atom stereocenters. The molecule has 4 aliphatic carbocycles. The lowest BCUT2D eigenvalue weighted by molar-refractivity contribution is 0.215. The molecule has 0 bridgehead atoms. The maximum Gasteiger partial charge on any atom is 0.0316 e. The minimum atomic E-state index is 0.0545. The van der Waals surface area contributed by atoms with Crippen molar-refractivity contribution in [3.8, 4) is 0 Å². The summed E-state index contributed by atoms with van der Waals surface area (Å²) in [5.41, 5.74) is 27.0. The molecule has 4 N–H and O–H groups in total. The molecule has 1 fully saturated rings. The third-order valence-electron chi connectivity index (χ3n) is 8.08. The van der Waals surface area contributed by atoms with Gasteiger partial charge in [0.15, 0.2) is 0 Å². The number of rotatable bonds is 3. The van der Waals surface area contributed by atoms with Crippen molar-refractivity contribution in [2.75, 3.05) is 0 Å². The largest absolute Gasteiger partial charge is 0.402 e. The highest BCUT2D eigenvalue weighted by atomic mass is 14.6. The molecular weight excluding hydrogens is 388 g/mol. The predicted molar refractivity (Wildman–Crippen MR) is 137 cm³/mol. The second-order valence-electron chi connectivity index (χ2n) is 10.7. The third-order valence-corrected chi connectivity index (χ3v) is 8.08. The minimum Gasteiger partial charge on any atom is -0.402 e. The Morgan fingerprint density at radius 2 is 1.84 bits per heavy atom. The van der Waals surface area contributed by atoms with Gasteiger partial charge in [-0.25, -0.2) is 0 Å². The summed E-state index contributed by atoms with van der Waals surface area (Å²) in [6, 6.07) is 0. The Bertz CT molecular complexity index is 1130. The van der Waals surface area contributed by atoms with E-state index in [1.54, 1.807) is 0 Å². The summed E-state index contributed by atoms with van der Waals surface area (Å²) in [5.74, 6) is 0.834. The summed E-state index contributed by atoms with van der Waals surface area (Å²) in [6.07, 6.45) is 9.44. The maximum atomic E-state index is 6.61. The summed E-state index contributed by atoms with van der Waals surface area (Å²) >= 11 is 0. The normalized spacial score (nSPS) is 30.6. The summed E-state index contributed by atoms with van der Waals surface area (Å²) in [4.78, 5) is 0. The molecule has 1 saturated carbocycles. The van der Waals surface area contributed by atoms with Gasteiger partial charge in [-0.3, -0.25) is 0 Å². The van der Waals surface area contributed by atoms with E-state index in [-0.39, 0.29) is 5.41 Å². The van der Waals surface area contributed by atoms with Crippen LogP contribution in [-0.4, -0.2) is 0 Å². The van der Waals surface area contributed by atoms with Crippen molar-refractivity contribution in [3.05, 3.63) is 106 Å². The van der Waals surface area contributed by atoms with Crippen LogP contribution in [-0.2, 0) is 0 Å². The molecule has 3 unspecified atom stereocenters. The van der Waals surface area contributed by atoms with Gasteiger partial charge in [-0.05, 0) is 97.6 Å². The van der Waals surface area contributed by atoms with Gasteiger partial charge in [0.25, 0.3) is 0 Å². The Morgan fingerprint density at radius 3 is 2.47 bits per heavy atom. The van der Waals surface area contributed by atoms with E-state index < -0.39 is 0 Å². The van der Waals surface area contributed by atoms with Gasteiger partial charge in [0, 0.05) is 22.9 Å². The Labute approximate surface area is 194 Å². The molecule has 32 heavy (non-hydrogen) atoms. The van der Waals surface area contributed by atoms with Gasteiger partial charge in [-0.1, -0.05) is 62.1 Å². The van der Waals surface area contributed by atoms with Gasteiger partial charge in [0.05, 0.1) is 0 Å². The first-order chi connectivity index (χ1) is 15.0. The molecule has 2 heteroatoms. The van der Waals surface area contributed by atoms with E-state index >= 15 is 0 Å².